The number of benzene rings is 4. The van der Waals surface area contributed by atoms with Gasteiger partial charge in [-0.25, -0.2) is 0 Å². The average molecular weight is 518 g/mol. The number of aliphatic hydroxyl groups is 1. The molecule has 1 aromatic heterocycles. The molecule has 39 heavy (non-hydrogen) atoms. The lowest BCUT2D eigenvalue weighted by Crippen LogP contribution is -2.67. The molecule has 0 amide bonds. The van der Waals surface area contributed by atoms with Crippen molar-refractivity contribution in [2.45, 2.75) is 44.9 Å². The molecule has 3 fully saturated rings. The van der Waals surface area contributed by atoms with Crippen molar-refractivity contribution in [3.8, 4) is 5.75 Å². The normalized spacial score (nSPS) is 25.4. The number of aliphatic hydroxyl groups excluding tert-OH is 1. The molecule has 1 N–H and O–H groups in total. The third kappa shape index (κ3) is 4.00. The van der Waals surface area contributed by atoms with Gasteiger partial charge < -0.3 is 14.3 Å². The molecular formula is C35H37N2O2+. The number of ether oxygens (including phenoxy) is 1. The van der Waals surface area contributed by atoms with Gasteiger partial charge in [-0.15, -0.1) is 0 Å². The Balaban J connectivity index is 1.38. The van der Waals surface area contributed by atoms with Crippen LogP contribution < -0.4 is 4.74 Å². The van der Waals surface area contributed by atoms with E-state index in [0.717, 1.165) is 52.8 Å². The number of aromatic nitrogens is 1. The van der Waals surface area contributed by atoms with Gasteiger partial charge in [0.25, 0.3) is 0 Å². The van der Waals surface area contributed by atoms with Gasteiger partial charge in [0.15, 0.2) is 0 Å². The molecule has 3 aliphatic heterocycles. The number of rotatable bonds is 6. The van der Waals surface area contributed by atoms with Gasteiger partial charge in [-0.1, -0.05) is 55.5 Å². The summed E-state index contributed by atoms with van der Waals surface area (Å²) in [6.07, 6.45) is 4.80. The third-order valence-corrected chi connectivity index (χ3v) is 10.0. The fourth-order valence-corrected chi connectivity index (χ4v) is 8.00. The minimum absolute atomic E-state index is 0.140. The minimum atomic E-state index is -0.565. The summed E-state index contributed by atoms with van der Waals surface area (Å²) in [7, 11) is 1.69. The summed E-state index contributed by atoms with van der Waals surface area (Å²) < 4.78 is 6.49. The SMILES string of the molecule is CCC1C[N+]2(Cc3c4ccccc4cc4ccccc34)CCC1CC2C(O)c1ccnc2ccc(OC)cc12. The quantitative estimate of drug-likeness (QED) is 0.188. The Kier molecular flexibility index (Phi) is 6.06. The first-order valence-electron chi connectivity index (χ1n) is 14.5. The van der Waals surface area contributed by atoms with Crippen molar-refractivity contribution in [3.63, 3.8) is 0 Å². The predicted molar refractivity (Wildman–Crippen MR) is 159 cm³/mol. The number of hydrogen-bond donors (Lipinski definition) is 1. The topological polar surface area (TPSA) is 42.4 Å². The lowest BCUT2D eigenvalue weighted by atomic mass is 9.70. The van der Waals surface area contributed by atoms with Crippen molar-refractivity contribution in [3.05, 3.63) is 96.2 Å². The Morgan fingerprint density at radius 3 is 2.41 bits per heavy atom. The number of piperidine rings is 3. The molecule has 2 bridgehead atoms. The highest BCUT2D eigenvalue weighted by Gasteiger charge is 2.54. The van der Waals surface area contributed by atoms with Crippen molar-refractivity contribution in [1.82, 2.24) is 4.98 Å². The van der Waals surface area contributed by atoms with Gasteiger partial charge in [0.05, 0.1) is 25.7 Å². The van der Waals surface area contributed by atoms with Crippen LogP contribution in [0, 0.1) is 11.8 Å². The summed E-state index contributed by atoms with van der Waals surface area (Å²) in [6.45, 7) is 5.54. The zero-order valence-electron chi connectivity index (χ0n) is 22.9. The van der Waals surface area contributed by atoms with Gasteiger partial charge in [-0.2, -0.15) is 0 Å². The first kappa shape index (κ1) is 24.6. The number of quaternary nitrogens is 1. The van der Waals surface area contributed by atoms with Crippen molar-refractivity contribution < 1.29 is 14.3 Å². The second-order valence-electron chi connectivity index (χ2n) is 11.8. The van der Waals surface area contributed by atoms with Crippen LogP contribution in [0.4, 0.5) is 0 Å². The molecule has 0 saturated carbocycles. The maximum Gasteiger partial charge on any atom is 0.131 e. The van der Waals surface area contributed by atoms with Crippen molar-refractivity contribution in [2.24, 2.45) is 11.8 Å². The van der Waals surface area contributed by atoms with Gasteiger partial charge in [0, 0.05) is 35.9 Å². The zero-order valence-corrected chi connectivity index (χ0v) is 22.9. The van der Waals surface area contributed by atoms with Crippen LogP contribution in [0.2, 0.25) is 0 Å². The van der Waals surface area contributed by atoms with E-state index >= 15 is 0 Å². The van der Waals surface area contributed by atoms with E-state index in [1.165, 1.54) is 39.9 Å². The van der Waals surface area contributed by atoms with E-state index in [-0.39, 0.29) is 6.04 Å². The third-order valence-electron chi connectivity index (χ3n) is 10.0. The number of fused-ring (bicyclic) bond motifs is 6. The van der Waals surface area contributed by atoms with Gasteiger partial charge >= 0.3 is 0 Å². The van der Waals surface area contributed by atoms with Crippen molar-refractivity contribution in [1.29, 1.82) is 0 Å². The maximum atomic E-state index is 12.3. The van der Waals surface area contributed by atoms with Crippen LogP contribution in [0.5, 0.6) is 5.75 Å². The zero-order chi connectivity index (χ0) is 26.6. The molecule has 0 radical (unpaired) electrons. The average Bonchev–Trinajstić information content (AvgIpc) is 3.00. The number of nitrogens with zero attached hydrogens (tertiary/aromatic N) is 2. The molecule has 4 heteroatoms. The lowest BCUT2D eigenvalue weighted by molar-refractivity contribution is -0.985. The van der Waals surface area contributed by atoms with E-state index in [1.54, 1.807) is 7.11 Å². The van der Waals surface area contributed by atoms with E-state index in [2.05, 4.69) is 66.5 Å². The van der Waals surface area contributed by atoms with Gasteiger partial charge in [-0.3, -0.25) is 4.98 Å². The second kappa shape index (κ2) is 9.62. The first-order chi connectivity index (χ1) is 19.1. The predicted octanol–water partition coefficient (Wildman–Crippen LogP) is 7.42. The molecular weight excluding hydrogens is 480 g/mol. The monoisotopic (exact) mass is 517 g/mol. The summed E-state index contributed by atoms with van der Waals surface area (Å²) in [6, 6.07) is 28.2. The van der Waals surface area contributed by atoms with Gasteiger partial charge in [0.2, 0.25) is 0 Å². The van der Waals surface area contributed by atoms with E-state index in [4.69, 9.17) is 4.74 Å². The highest BCUT2D eigenvalue weighted by molar-refractivity contribution is 6.02. The smallest absolute Gasteiger partial charge is 0.131 e. The van der Waals surface area contributed by atoms with E-state index in [1.807, 2.05) is 30.5 Å². The van der Waals surface area contributed by atoms with Crippen LogP contribution in [-0.2, 0) is 6.54 Å². The summed E-state index contributed by atoms with van der Waals surface area (Å²) in [5, 5.41) is 18.6. The number of methoxy groups -OCH3 is 1. The molecule has 0 aliphatic carbocycles. The molecule has 4 heterocycles. The fraction of sp³-hybridized carbons (Fsp3) is 0.343. The highest BCUT2D eigenvalue weighted by Crippen LogP contribution is 2.49. The maximum absolute atomic E-state index is 12.3. The Morgan fingerprint density at radius 1 is 0.949 bits per heavy atom. The van der Waals surface area contributed by atoms with Crippen LogP contribution in [0.25, 0.3) is 32.4 Å². The van der Waals surface area contributed by atoms with Crippen molar-refractivity contribution in [2.75, 3.05) is 20.2 Å². The van der Waals surface area contributed by atoms with Gasteiger partial charge in [-0.05, 0) is 69.8 Å². The van der Waals surface area contributed by atoms with Crippen LogP contribution >= 0.6 is 0 Å². The molecule has 198 valence electrons. The molecule has 4 nitrogen and oxygen atoms in total. The van der Waals surface area contributed by atoms with E-state index in [0.29, 0.717) is 11.8 Å². The molecule has 5 unspecified atom stereocenters. The first-order valence-corrected chi connectivity index (χ1v) is 14.5. The summed E-state index contributed by atoms with van der Waals surface area (Å²) in [5.74, 6) is 2.19. The van der Waals surface area contributed by atoms with E-state index in [9.17, 15) is 5.11 Å². The summed E-state index contributed by atoms with van der Waals surface area (Å²) >= 11 is 0. The number of hydrogen-bond acceptors (Lipinski definition) is 3. The van der Waals surface area contributed by atoms with Gasteiger partial charge in [0.1, 0.15) is 24.4 Å². The Hall–Kier alpha value is -3.47. The fourth-order valence-electron chi connectivity index (χ4n) is 8.00. The van der Waals surface area contributed by atoms with Crippen LogP contribution in [-0.4, -0.2) is 40.8 Å². The standard InChI is InChI=1S/C35H37N2O2/c1-3-23-21-37(22-32-28-10-6-4-8-25(28)18-26-9-5-7-11-29(26)32)17-15-24(23)19-34(37)35(38)30-14-16-36-33-13-12-27(39-2)20-31(30)33/h4-14,16,18,20,23-24,34-35,38H,3,15,17,19,21-22H2,1-2H3/q+1. The van der Waals surface area contributed by atoms with Crippen molar-refractivity contribution >= 4 is 32.4 Å². The van der Waals surface area contributed by atoms with E-state index < -0.39 is 6.10 Å². The molecule has 8 rings (SSSR count). The molecule has 3 saturated heterocycles. The highest BCUT2D eigenvalue weighted by atomic mass is 16.5. The Bertz CT molecular complexity index is 1630. The molecule has 4 aromatic carbocycles. The Morgan fingerprint density at radius 2 is 1.69 bits per heavy atom. The molecule has 3 aliphatic rings. The molecule has 0 spiro atoms. The largest absolute Gasteiger partial charge is 0.497 e. The molecule has 5 aromatic rings. The number of pyridine rings is 1. The summed E-state index contributed by atoms with van der Waals surface area (Å²) in [5.41, 5.74) is 3.31. The second-order valence-corrected chi connectivity index (χ2v) is 11.8. The Labute approximate surface area is 230 Å². The lowest BCUT2D eigenvalue weighted by Gasteiger charge is -2.58. The van der Waals surface area contributed by atoms with Crippen LogP contribution in [0.1, 0.15) is 43.4 Å². The minimum Gasteiger partial charge on any atom is -0.497 e. The summed E-state index contributed by atoms with van der Waals surface area (Å²) in [4.78, 5) is 4.60. The van der Waals surface area contributed by atoms with Crippen LogP contribution in [0.15, 0.2) is 85.1 Å². The van der Waals surface area contributed by atoms with Crippen LogP contribution in [0.3, 0.4) is 0 Å². The molecule has 5 atom stereocenters.